The number of aromatic nitrogens is 2. The van der Waals surface area contributed by atoms with Crippen molar-refractivity contribution < 1.29 is 9.13 Å². The molecule has 1 aromatic heterocycles. The van der Waals surface area contributed by atoms with E-state index in [9.17, 15) is 4.39 Å². The van der Waals surface area contributed by atoms with E-state index in [1.54, 1.807) is 13.2 Å². The van der Waals surface area contributed by atoms with Gasteiger partial charge in [0.25, 0.3) is 0 Å². The maximum atomic E-state index is 13.6. The van der Waals surface area contributed by atoms with E-state index in [-0.39, 0.29) is 5.82 Å². The Hall–Kier alpha value is -2.50. The van der Waals surface area contributed by atoms with Gasteiger partial charge in [0, 0.05) is 30.8 Å². The Labute approximate surface area is 193 Å². The second-order valence-corrected chi connectivity index (χ2v) is 9.51. The van der Waals surface area contributed by atoms with Crippen LogP contribution < -0.4 is 4.74 Å². The number of benzene rings is 2. The minimum atomic E-state index is -0.326. The second kappa shape index (κ2) is 9.16. The third-order valence-electron chi connectivity index (χ3n) is 6.93. The summed E-state index contributed by atoms with van der Waals surface area (Å²) in [5, 5.41) is 9.22. The molecule has 3 atom stereocenters. The molecule has 2 aromatic carbocycles. The zero-order chi connectivity index (χ0) is 22.1. The van der Waals surface area contributed by atoms with Crippen LogP contribution >= 0.6 is 11.6 Å². The topological polar surface area (TPSA) is 38.2 Å². The van der Waals surface area contributed by atoms with Gasteiger partial charge in [-0.25, -0.2) is 4.39 Å². The maximum Gasteiger partial charge on any atom is 0.123 e. The number of hydrogen-bond donors (Lipinski definition) is 0. The number of hydrogen-bond acceptors (Lipinski definition) is 4. The van der Waals surface area contributed by atoms with Crippen LogP contribution in [0.5, 0.6) is 5.75 Å². The van der Waals surface area contributed by atoms with Gasteiger partial charge < -0.3 is 4.74 Å². The standard InChI is InChI=1S/C26H27ClFN3O/c1-32-26-5-3-2-4-18(26)14-31-15-19-10-17(11-20(19)16-31)12-22-7-9-25(30-29-22)23-13-21(28)6-8-24(23)27/h2-9,13,17,19-20H,10-12,14-16H2,1H3/t17?,19-,20+. The molecule has 1 unspecified atom stereocenters. The minimum absolute atomic E-state index is 0.326. The van der Waals surface area contributed by atoms with Crippen molar-refractivity contribution >= 4 is 11.6 Å². The van der Waals surface area contributed by atoms with Crippen LogP contribution in [-0.4, -0.2) is 35.3 Å². The van der Waals surface area contributed by atoms with Gasteiger partial charge in [0.1, 0.15) is 11.6 Å². The van der Waals surface area contributed by atoms with Crippen molar-refractivity contribution in [1.82, 2.24) is 15.1 Å². The number of nitrogens with zero attached hydrogens (tertiary/aromatic N) is 3. The van der Waals surface area contributed by atoms with E-state index in [4.69, 9.17) is 16.3 Å². The molecule has 4 nitrogen and oxygen atoms in total. The van der Waals surface area contributed by atoms with Crippen molar-refractivity contribution in [2.24, 2.45) is 17.8 Å². The van der Waals surface area contributed by atoms with Gasteiger partial charge in [0.05, 0.1) is 23.5 Å². The molecule has 1 saturated heterocycles. The largest absolute Gasteiger partial charge is 0.496 e. The highest BCUT2D eigenvalue weighted by atomic mass is 35.5. The van der Waals surface area contributed by atoms with E-state index in [1.807, 2.05) is 24.3 Å². The zero-order valence-corrected chi connectivity index (χ0v) is 18.9. The fourth-order valence-electron chi connectivity index (χ4n) is 5.49. The molecular formula is C26H27ClFN3O. The maximum absolute atomic E-state index is 13.6. The Morgan fingerprint density at radius 2 is 1.81 bits per heavy atom. The van der Waals surface area contributed by atoms with Gasteiger partial charge >= 0.3 is 0 Å². The van der Waals surface area contributed by atoms with Crippen molar-refractivity contribution in [2.75, 3.05) is 20.2 Å². The lowest BCUT2D eigenvalue weighted by Crippen LogP contribution is -2.22. The van der Waals surface area contributed by atoms with Gasteiger partial charge in [0.15, 0.2) is 0 Å². The SMILES string of the molecule is COc1ccccc1CN1C[C@H]2CC(Cc3ccc(-c4cc(F)ccc4Cl)nn3)C[C@H]2C1. The third kappa shape index (κ3) is 4.50. The highest BCUT2D eigenvalue weighted by Gasteiger charge is 2.40. The Bertz CT molecular complexity index is 1080. The normalized spacial score (nSPS) is 22.8. The molecule has 3 aromatic rings. The summed E-state index contributed by atoms with van der Waals surface area (Å²) in [5.41, 5.74) is 3.45. The van der Waals surface area contributed by atoms with Crippen molar-refractivity contribution in [3.05, 3.63) is 76.7 Å². The van der Waals surface area contributed by atoms with E-state index in [0.29, 0.717) is 22.2 Å². The monoisotopic (exact) mass is 451 g/mol. The Balaban J connectivity index is 1.17. The van der Waals surface area contributed by atoms with E-state index >= 15 is 0 Å². The van der Waals surface area contributed by atoms with Crippen molar-refractivity contribution in [1.29, 1.82) is 0 Å². The third-order valence-corrected chi connectivity index (χ3v) is 7.26. The summed E-state index contributed by atoms with van der Waals surface area (Å²) in [5.74, 6) is 2.81. The van der Waals surface area contributed by atoms with E-state index in [1.165, 1.54) is 30.5 Å². The molecule has 2 aliphatic rings. The molecule has 32 heavy (non-hydrogen) atoms. The van der Waals surface area contributed by atoms with Crippen LogP contribution in [0.2, 0.25) is 5.02 Å². The Morgan fingerprint density at radius 1 is 1.03 bits per heavy atom. The van der Waals surface area contributed by atoms with Gasteiger partial charge in [0.2, 0.25) is 0 Å². The van der Waals surface area contributed by atoms with Crippen LogP contribution in [0, 0.1) is 23.6 Å². The van der Waals surface area contributed by atoms with Gasteiger partial charge in [-0.15, -0.1) is 0 Å². The molecule has 0 N–H and O–H groups in total. The van der Waals surface area contributed by atoms with Gasteiger partial charge in [-0.05, 0) is 73.4 Å². The molecule has 0 radical (unpaired) electrons. The molecular weight excluding hydrogens is 425 g/mol. The highest BCUT2D eigenvalue weighted by molar-refractivity contribution is 6.33. The summed E-state index contributed by atoms with van der Waals surface area (Å²) >= 11 is 6.20. The molecule has 0 bridgehead atoms. The average molecular weight is 452 g/mol. The first-order chi connectivity index (χ1) is 15.6. The van der Waals surface area contributed by atoms with Crippen molar-refractivity contribution in [3.8, 4) is 17.0 Å². The molecule has 2 heterocycles. The second-order valence-electron chi connectivity index (χ2n) is 9.10. The number of ether oxygens (including phenoxy) is 1. The van der Waals surface area contributed by atoms with E-state index in [2.05, 4.69) is 27.2 Å². The summed E-state index contributed by atoms with van der Waals surface area (Å²) < 4.78 is 19.1. The molecule has 0 amide bonds. The summed E-state index contributed by atoms with van der Waals surface area (Å²) in [7, 11) is 1.74. The number of likely N-dealkylation sites (tertiary alicyclic amines) is 1. The fourth-order valence-corrected chi connectivity index (χ4v) is 5.71. The molecule has 1 saturated carbocycles. The summed E-state index contributed by atoms with van der Waals surface area (Å²) in [4.78, 5) is 2.57. The molecule has 166 valence electrons. The Kier molecular flexibility index (Phi) is 6.11. The lowest BCUT2D eigenvalue weighted by atomic mass is 9.99. The van der Waals surface area contributed by atoms with Crippen LogP contribution in [0.1, 0.15) is 24.1 Å². The molecule has 0 spiro atoms. The van der Waals surface area contributed by atoms with Crippen LogP contribution in [0.3, 0.4) is 0 Å². The first-order valence-corrected chi connectivity index (χ1v) is 11.6. The molecule has 2 fully saturated rings. The van der Waals surface area contributed by atoms with Gasteiger partial charge in [-0.3, -0.25) is 4.90 Å². The van der Waals surface area contributed by atoms with Crippen LogP contribution in [0.25, 0.3) is 11.3 Å². The van der Waals surface area contributed by atoms with Crippen LogP contribution in [-0.2, 0) is 13.0 Å². The zero-order valence-electron chi connectivity index (χ0n) is 18.2. The molecule has 5 rings (SSSR count). The van der Waals surface area contributed by atoms with Crippen molar-refractivity contribution in [3.63, 3.8) is 0 Å². The summed E-state index contributed by atoms with van der Waals surface area (Å²) in [6.45, 7) is 3.26. The number of fused-ring (bicyclic) bond motifs is 1. The summed E-state index contributed by atoms with van der Waals surface area (Å²) in [6.07, 6.45) is 3.43. The van der Waals surface area contributed by atoms with Gasteiger partial charge in [-0.1, -0.05) is 29.8 Å². The predicted octanol–water partition coefficient (Wildman–Crippen LogP) is 5.65. The smallest absolute Gasteiger partial charge is 0.123 e. The number of rotatable bonds is 6. The predicted molar refractivity (Wildman–Crippen MR) is 124 cm³/mol. The van der Waals surface area contributed by atoms with E-state index < -0.39 is 0 Å². The fraction of sp³-hybridized carbons (Fsp3) is 0.385. The average Bonchev–Trinajstić information content (AvgIpc) is 3.34. The first kappa shape index (κ1) is 21.4. The van der Waals surface area contributed by atoms with Crippen molar-refractivity contribution in [2.45, 2.75) is 25.8 Å². The van der Waals surface area contributed by atoms with Crippen LogP contribution in [0.4, 0.5) is 4.39 Å². The van der Waals surface area contributed by atoms with Crippen LogP contribution in [0.15, 0.2) is 54.6 Å². The number of halogens is 2. The molecule has 1 aliphatic heterocycles. The quantitative estimate of drug-likeness (QED) is 0.485. The highest BCUT2D eigenvalue weighted by Crippen LogP contribution is 2.43. The molecule has 6 heteroatoms. The first-order valence-electron chi connectivity index (χ1n) is 11.2. The molecule has 1 aliphatic carbocycles. The Morgan fingerprint density at radius 3 is 2.53 bits per heavy atom. The lowest BCUT2D eigenvalue weighted by molar-refractivity contribution is 0.284. The van der Waals surface area contributed by atoms with Gasteiger partial charge in [-0.2, -0.15) is 10.2 Å². The minimum Gasteiger partial charge on any atom is -0.496 e. The lowest BCUT2D eigenvalue weighted by Gasteiger charge is -2.20. The number of methoxy groups -OCH3 is 1. The van der Waals surface area contributed by atoms with E-state index in [0.717, 1.165) is 49.3 Å². The number of para-hydroxylation sites is 1. The summed E-state index contributed by atoms with van der Waals surface area (Å²) in [6, 6.07) is 16.5.